The van der Waals surface area contributed by atoms with Gasteiger partial charge in [-0.05, 0) is 80.0 Å². The van der Waals surface area contributed by atoms with Crippen LogP contribution < -0.4 is 5.32 Å². The Kier molecular flexibility index (Phi) is 4.96. The lowest BCUT2D eigenvalue weighted by Gasteiger charge is -2.49. The van der Waals surface area contributed by atoms with Crippen molar-refractivity contribution in [3.63, 3.8) is 0 Å². The SMILES string of the molecule is CC(F)(c1ccc2c(c1)CCC1NCCCC21Cc1cccc(F)c1)C(F)(F)F. The van der Waals surface area contributed by atoms with E-state index in [2.05, 4.69) is 5.32 Å². The normalized spacial score (nSPS) is 26.3. The van der Waals surface area contributed by atoms with E-state index >= 15 is 0 Å². The minimum atomic E-state index is -4.97. The van der Waals surface area contributed by atoms with Crippen LogP contribution in [0.4, 0.5) is 22.0 Å². The van der Waals surface area contributed by atoms with Crippen LogP contribution in [0.2, 0.25) is 0 Å². The van der Waals surface area contributed by atoms with Crippen LogP contribution in [-0.4, -0.2) is 18.8 Å². The van der Waals surface area contributed by atoms with Crippen LogP contribution in [0.25, 0.3) is 0 Å². The van der Waals surface area contributed by atoms with Crippen molar-refractivity contribution < 1.29 is 22.0 Å². The average molecular weight is 409 g/mol. The summed E-state index contributed by atoms with van der Waals surface area (Å²) in [5.41, 5.74) is -1.48. The highest BCUT2D eigenvalue weighted by atomic mass is 19.4. The van der Waals surface area contributed by atoms with Gasteiger partial charge in [0.25, 0.3) is 0 Å². The van der Waals surface area contributed by atoms with Gasteiger partial charge in [0.05, 0.1) is 0 Å². The van der Waals surface area contributed by atoms with Gasteiger partial charge in [-0.15, -0.1) is 0 Å². The molecule has 1 aliphatic heterocycles. The van der Waals surface area contributed by atoms with E-state index in [9.17, 15) is 22.0 Å². The fourth-order valence-electron chi connectivity index (χ4n) is 5.11. The van der Waals surface area contributed by atoms with Gasteiger partial charge in [0, 0.05) is 11.5 Å². The first kappa shape index (κ1) is 20.3. The first-order valence-corrected chi connectivity index (χ1v) is 10.0. The Bertz CT molecular complexity index is 904. The summed E-state index contributed by atoms with van der Waals surface area (Å²) in [7, 11) is 0. The fourth-order valence-corrected chi connectivity index (χ4v) is 5.11. The summed E-state index contributed by atoms with van der Waals surface area (Å²) in [6.45, 7) is 1.46. The topological polar surface area (TPSA) is 12.0 Å². The number of fused-ring (bicyclic) bond motifs is 3. The van der Waals surface area contributed by atoms with Gasteiger partial charge in [0.15, 0.2) is 0 Å². The predicted octanol–water partition coefficient (Wildman–Crippen LogP) is 5.75. The molecule has 29 heavy (non-hydrogen) atoms. The van der Waals surface area contributed by atoms with Crippen molar-refractivity contribution in [1.29, 1.82) is 0 Å². The quantitative estimate of drug-likeness (QED) is 0.637. The van der Waals surface area contributed by atoms with Crippen molar-refractivity contribution >= 4 is 0 Å². The Hall–Kier alpha value is -1.95. The number of alkyl halides is 4. The maximum absolute atomic E-state index is 14.5. The molecule has 2 aliphatic rings. The summed E-state index contributed by atoms with van der Waals surface area (Å²) in [5, 5.41) is 3.56. The highest BCUT2D eigenvalue weighted by Gasteiger charge is 2.54. The second-order valence-corrected chi connectivity index (χ2v) is 8.48. The summed E-state index contributed by atoms with van der Waals surface area (Å²) in [4.78, 5) is 0. The Morgan fingerprint density at radius 2 is 1.90 bits per heavy atom. The second kappa shape index (κ2) is 7.08. The van der Waals surface area contributed by atoms with Crippen LogP contribution in [0.3, 0.4) is 0 Å². The van der Waals surface area contributed by atoms with Crippen molar-refractivity contribution in [3.8, 4) is 0 Å². The smallest absolute Gasteiger partial charge is 0.313 e. The molecule has 6 heteroatoms. The number of piperidine rings is 1. The summed E-state index contributed by atoms with van der Waals surface area (Å²) < 4.78 is 67.9. The van der Waals surface area contributed by atoms with Crippen molar-refractivity contribution in [1.82, 2.24) is 5.32 Å². The van der Waals surface area contributed by atoms with Crippen molar-refractivity contribution in [2.45, 2.75) is 62.3 Å². The highest BCUT2D eigenvalue weighted by molar-refractivity contribution is 5.45. The van der Waals surface area contributed by atoms with Gasteiger partial charge in [-0.1, -0.05) is 30.3 Å². The van der Waals surface area contributed by atoms with Gasteiger partial charge in [0.2, 0.25) is 5.67 Å². The van der Waals surface area contributed by atoms with E-state index in [0.717, 1.165) is 42.5 Å². The molecule has 2 aromatic carbocycles. The van der Waals surface area contributed by atoms with E-state index in [4.69, 9.17) is 0 Å². The number of hydrogen-bond acceptors (Lipinski definition) is 1. The number of halogens is 5. The van der Waals surface area contributed by atoms with E-state index < -0.39 is 11.8 Å². The number of aryl methyl sites for hydroxylation is 1. The van der Waals surface area contributed by atoms with Crippen LogP contribution in [0.5, 0.6) is 0 Å². The maximum Gasteiger partial charge on any atom is 0.426 e. The molecule has 156 valence electrons. The van der Waals surface area contributed by atoms with Crippen LogP contribution in [0.15, 0.2) is 42.5 Å². The molecule has 0 radical (unpaired) electrons. The van der Waals surface area contributed by atoms with Crippen molar-refractivity contribution in [2.24, 2.45) is 0 Å². The van der Waals surface area contributed by atoms with Gasteiger partial charge >= 0.3 is 6.18 Å². The largest absolute Gasteiger partial charge is 0.426 e. The molecule has 1 heterocycles. The van der Waals surface area contributed by atoms with E-state index in [1.54, 1.807) is 12.1 Å². The van der Waals surface area contributed by atoms with Crippen LogP contribution in [0.1, 0.15) is 48.4 Å². The Morgan fingerprint density at radius 3 is 2.62 bits per heavy atom. The van der Waals surface area contributed by atoms with E-state index in [-0.39, 0.29) is 22.8 Å². The zero-order valence-corrected chi connectivity index (χ0v) is 16.3. The third-order valence-electron chi connectivity index (χ3n) is 6.68. The second-order valence-electron chi connectivity index (χ2n) is 8.48. The molecule has 1 N–H and O–H groups in total. The first-order valence-electron chi connectivity index (χ1n) is 10.0. The number of nitrogens with one attached hydrogen (secondary N) is 1. The molecule has 3 atom stereocenters. The lowest BCUT2D eigenvalue weighted by atomic mass is 9.60. The van der Waals surface area contributed by atoms with Crippen molar-refractivity contribution in [3.05, 3.63) is 70.5 Å². The van der Waals surface area contributed by atoms with Gasteiger partial charge in [0.1, 0.15) is 5.82 Å². The minimum Gasteiger partial charge on any atom is -0.313 e. The molecule has 1 aliphatic carbocycles. The van der Waals surface area contributed by atoms with Gasteiger partial charge in [-0.3, -0.25) is 0 Å². The molecule has 0 aromatic heterocycles. The van der Waals surface area contributed by atoms with Gasteiger partial charge < -0.3 is 5.32 Å². The summed E-state index contributed by atoms with van der Waals surface area (Å²) in [5.74, 6) is -0.302. The lowest BCUT2D eigenvalue weighted by Crippen LogP contribution is -2.56. The molecule has 0 bridgehead atoms. The van der Waals surface area contributed by atoms with Gasteiger partial charge in [-0.25, -0.2) is 8.78 Å². The van der Waals surface area contributed by atoms with E-state index in [1.165, 1.54) is 24.3 Å². The lowest BCUT2D eigenvalue weighted by molar-refractivity contribution is -0.228. The molecule has 3 unspecified atom stereocenters. The third kappa shape index (κ3) is 3.45. The van der Waals surface area contributed by atoms with Crippen LogP contribution >= 0.6 is 0 Å². The van der Waals surface area contributed by atoms with Crippen LogP contribution in [-0.2, 0) is 23.9 Å². The number of rotatable bonds is 3. The Morgan fingerprint density at radius 1 is 1.10 bits per heavy atom. The van der Waals surface area contributed by atoms with E-state index in [1.807, 2.05) is 6.07 Å². The zero-order valence-electron chi connectivity index (χ0n) is 16.3. The Balaban J connectivity index is 1.79. The molecular weight excluding hydrogens is 385 g/mol. The van der Waals surface area contributed by atoms with Gasteiger partial charge in [-0.2, -0.15) is 13.2 Å². The first-order chi connectivity index (χ1) is 13.6. The average Bonchev–Trinajstić information content (AvgIpc) is 2.66. The highest BCUT2D eigenvalue weighted by Crippen LogP contribution is 2.48. The molecule has 4 rings (SSSR count). The minimum absolute atomic E-state index is 0.164. The molecule has 0 spiro atoms. The molecule has 1 nitrogen and oxygen atoms in total. The zero-order chi connectivity index (χ0) is 20.9. The van der Waals surface area contributed by atoms with Crippen LogP contribution in [0, 0.1) is 5.82 Å². The predicted molar refractivity (Wildman–Crippen MR) is 102 cm³/mol. The fraction of sp³-hybridized carbons (Fsp3) is 0.478. The Labute approximate surface area is 167 Å². The summed E-state index contributed by atoms with van der Waals surface area (Å²) in [6.07, 6.45) is -1.22. The molecule has 1 saturated heterocycles. The summed E-state index contributed by atoms with van der Waals surface area (Å²) >= 11 is 0. The molecular formula is C23H24F5N. The standard InChI is InChI=1S/C23H24F5N/c1-21(25,23(26,27)28)17-7-8-19-16(13-17)6-9-20-22(19,10-3-11-29-20)14-15-4-2-5-18(24)12-15/h2,4-5,7-8,12-13,20,29H,3,6,9-11,14H2,1H3. The maximum atomic E-state index is 14.5. The molecule has 2 aromatic rings. The van der Waals surface area contributed by atoms with Crippen molar-refractivity contribution in [2.75, 3.05) is 6.54 Å². The molecule has 1 fully saturated rings. The monoisotopic (exact) mass is 409 g/mol. The number of hydrogen-bond donors (Lipinski definition) is 1. The summed E-state index contributed by atoms with van der Waals surface area (Å²) in [6, 6.07) is 11.0. The molecule has 0 amide bonds. The molecule has 0 saturated carbocycles. The number of benzene rings is 2. The van der Waals surface area contributed by atoms with E-state index in [0.29, 0.717) is 19.8 Å². The third-order valence-corrected chi connectivity index (χ3v) is 6.68.